The van der Waals surface area contributed by atoms with Crippen molar-refractivity contribution in [1.82, 2.24) is 9.21 Å². The van der Waals surface area contributed by atoms with Crippen molar-refractivity contribution >= 4 is 15.9 Å². The normalized spacial score (nSPS) is 16.0. The summed E-state index contributed by atoms with van der Waals surface area (Å²) >= 11 is 0. The second kappa shape index (κ2) is 8.70. The summed E-state index contributed by atoms with van der Waals surface area (Å²) in [6.07, 6.45) is 0.652. The number of morpholine rings is 1. The van der Waals surface area contributed by atoms with Crippen LogP contribution in [-0.4, -0.2) is 77.1 Å². The number of sulfonamides is 1. The quantitative estimate of drug-likeness (QED) is 0.665. The zero-order valence-electron chi connectivity index (χ0n) is 14.4. The Kier molecular flexibility index (Phi) is 6.88. The lowest BCUT2D eigenvalue weighted by molar-refractivity contribution is 0.0729. The van der Waals surface area contributed by atoms with Gasteiger partial charge in [0.25, 0.3) is 5.91 Å². The number of ether oxygens (including phenoxy) is 2. The minimum absolute atomic E-state index is 0.133. The van der Waals surface area contributed by atoms with Crippen molar-refractivity contribution in [2.24, 2.45) is 0 Å². The fourth-order valence-corrected chi connectivity index (χ4v) is 4.03. The number of benzene rings is 1. The van der Waals surface area contributed by atoms with Gasteiger partial charge in [-0.15, -0.1) is 0 Å². The molecule has 1 aromatic carbocycles. The zero-order chi connectivity index (χ0) is 18.4. The van der Waals surface area contributed by atoms with E-state index in [1.165, 1.54) is 15.3 Å². The summed E-state index contributed by atoms with van der Waals surface area (Å²) in [6.45, 7) is 1.82. The zero-order valence-corrected chi connectivity index (χ0v) is 15.2. The number of rotatable bonds is 7. The Hall–Kier alpha value is -1.55. The summed E-state index contributed by atoms with van der Waals surface area (Å²) in [5, 5.41) is 0. The first kappa shape index (κ1) is 19.8. The van der Waals surface area contributed by atoms with Crippen LogP contribution in [0.15, 0.2) is 23.1 Å². The van der Waals surface area contributed by atoms with Crippen LogP contribution in [0.2, 0.25) is 0 Å². The molecule has 0 radical (unpaired) electrons. The monoisotopic (exact) mass is 374 g/mol. The summed E-state index contributed by atoms with van der Waals surface area (Å²) in [5.74, 6) is -1.24. The Morgan fingerprint density at radius 1 is 1.36 bits per heavy atom. The summed E-state index contributed by atoms with van der Waals surface area (Å²) in [7, 11) is -0.825. The van der Waals surface area contributed by atoms with Crippen LogP contribution in [-0.2, 0) is 19.5 Å². The van der Waals surface area contributed by atoms with Crippen molar-refractivity contribution in [1.29, 1.82) is 0 Å². The van der Waals surface area contributed by atoms with Gasteiger partial charge in [0.2, 0.25) is 10.0 Å². The van der Waals surface area contributed by atoms with E-state index in [0.29, 0.717) is 19.6 Å². The molecule has 1 aliphatic heterocycles. The Labute approximate surface area is 147 Å². The number of amides is 1. The predicted molar refractivity (Wildman–Crippen MR) is 89.4 cm³/mol. The lowest BCUT2D eigenvalue weighted by atomic mass is 10.2. The van der Waals surface area contributed by atoms with Crippen LogP contribution in [0.3, 0.4) is 0 Å². The van der Waals surface area contributed by atoms with Gasteiger partial charge in [0.15, 0.2) is 0 Å². The summed E-state index contributed by atoms with van der Waals surface area (Å²) in [6, 6.07) is 3.42. The van der Waals surface area contributed by atoms with E-state index >= 15 is 0 Å². The highest BCUT2D eigenvalue weighted by atomic mass is 32.2. The molecule has 25 heavy (non-hydrogen) atoms. The second-order valence-corrected chi connectivity index (χ2v) is 7.64. The van der Waals surface area contributed by atoms with Gasteiger partial charge in [0.1, 0.15) is 10.7 Å². The van der Waals surface area contributed by atoms with Gasteiger partial charge in [-0.2, -0.15) is 4.31 Å². The first-order valence-electron chi connectivity index (χ1n) is 7.99. The molecule has 0 unspecified atom stereocenters. The molecule has 7 nitrogen and oxygen atoms in total. The van der Waals surface area contributed by atoms with E-state index in [2.05, 4.69) is 0 Å². The maximum atomic E-state index is 14.2. The SMILES string of the molecule is COCCCN(C)C(=O)c1ccc(F)c(S(=O)(=O)N2CCOCC2)c1. The number of hydrogen-bond donors (Lipinski definition) is 0. The van der Waals surface area contributed by atoms with Gasteiger partial charge in [0.05, 0.1) is 13.2 Å². The number of methoxy groups -OCH3 is 1. The Morgan fingerprint density at radius 3 is 2.68 bits per heavy atom. The molecule has 0 aromatic heterocycles. The summed E-state index contributed by atoms with van der Waals surface area (Å²) in [4.78, 5) is 13.4. The van der Waals surface area contributed by atoms with Crippen molar-refractivity contribution < 1.29 is 27.1 Å². The van der Waals surface area contributed by atoms with Gasteiger partial charge in [0, 0.05) is 46.0 Å². The van der Waals surface area contributed by atoms with Crippen LogP contribution >= 0.6 is 0 Å². The molecule has 9 heteroatoms. The van der Waals surface area contributed by atoms with Crippen molar-refractivity contribution in [3.8, 4) is 0 Å². The van der Waals surface area contributed by atoms with E-state index in [9.17, 15) is 17.6 Å². The molecule has 1 amide bonds. The highest BCUT2D eigenvalue weighted by Crippen LogP contribution is 2.22. The number of halogens is 1. The molecule has 140 valence electrons. The van der Waals surface area contributed by atoms with Crippen LogP contribution in [0.25, 0.3) is 0 Å². The summed E-state index contributed by atoms with van der Waals surface area (Å²) < 4.78 is 50.7. The predicted octanol–water partition coefficient (Wildman–Crippen LogP) is 0.955. The molecule has 0 atom stereocenters. The number of carbonyl (C=O) groups excluding carboxylic acids is 1. The lowest BCUT2D eigenvalue weighted by Gasteiger charge is -2.26. The molecule has 0 saturated carbocycles. The minimum Gasteiger partial charge on any atom is -0.385 e. The van der Waals surface area contributed by atoms with Crippen molar-refractivity contribution in [2.45, 2.75) is 11.3 Å². The molecule has 1 aromatic rings. The highest BCUT2D eigenvalue weighted by Gasteiger charge is 2.30. The van der Waals surface area contributed by atoms with Crippen LogP contribution < -0.4 is 0 Å². The van der Waals surface area contributed by atoms with E-state index in [4.69, 9.17) is 9.47 Å². The molecular formula is C16H23FN2O5S. The first-order valence-corrected chi connectivity index (χ1v) is 9.44. The summed E-state index contributed by atoms with van der Waals surface area (Å²) in [5.41, 5.74) is 0.133. The first-order chi connectivity index (χ1) is 11.9. The van der Waals surface area contributed by atoms with Crippen molar-refractivity contribution in [2.75, 3.05) is 53.6 Å². The fourth-order valence-electron chi connectivity index (χ4n) is 2.53. The van der Waals surface area contributed by atoms with Crippen LogP contribution in [0.4, 0.5) is 4.39 Å². The average molecular weight is 374 g/mol. The molecule has 0 N–H and O–H groups in total. The van der Waals surface area contributed by atoms with E-state index in [1.54, 1.807) is 14.2 Å². The number of nitrogens with zero attached hydrogens (tertiary/aromatic N) is 2. The molecule has 1 fully saturated rings. The van der Waals surface area contributed by atoms with Gasteiger partial charge < -0.3 is 14.4 Å². The number of carbonyl (C=O) groups is 1. The van der Waals surface area contributed by atoms with E-state index in [1.807, 2.05) is 0 Å². The topological polar surface area (TPSA) is 76.2 Å². The molecule has 2 rings (SSSR count). The fraction of sp³-hybridized carbons (Fsp3) is 0.562. The second-order valence-electron chi connectivity index (χ2n) is 5.73. The third-order valence-electron chi connectivity index (χ3n) is 3.95. The third-order valence-corrected chi connectivity index (χ3v) is 5.87. The standard InChI is InChI=1S/C16H23FN2O5S/c1-18(6-3-9-23-2)16(20)13-4-5-14(17)15(12-13)25(21,22)19-7-10-24-11-8-19/h4-5,12H,3,6-11H2,1-2H3. The van der Waals surface area contributed by atoms with Crippen LogP contribution in [0.5, 0.6) is 0 Å². The van der Waals surface area contributed by atoms with Gasteiger partial charge in [-0.25, -0.2) is 12.8 Å². The highest BCUT2D eigenvalue weighted by molar-refractivity contribution is 7.89. The van der Waals surface area contributed by atoms with E-state index in [0.717, 1.165) is 12.1 Å². The molecule has 1 aliphatic rings. The smallest absolute Gasteiger partial charge is 0.253 e. The number of hydrogen-bond acceptors (Lipinski definition) is 5. The maximum Gasteiger partial charge on any atom is 0.253 e. The van der Waals surface area contributed by atoms with Gasteiger partial charge >= 0.3 is 0 Å². The van der Waals surface area contributed by atoms with Gasteiger partial charge in [-0.3, -0.25) is 4.79 Å². The Morgan fingerprint density at radius 2 is 2.04 bits per heavy atom. The van der Waals surface area contributed by atoms with Crippen LogP contribution in [0.1, 0.15) is 16.8 Å². The molecule has 1 heterocycles. The Bertz CT molecular complexity index is 704. The Balaban J connectivity index is 2.23. The maximum absolute atomic E-state index is 14.2. The molecule has 0 spiro atoms. The van der Waals surface area contributed by atoms with Crippen molar-refractivity contribution in [3.63, 3.8) is 0 Å². The molecule has 0 aliphatic carbocycles. The molecular weight excluding hydrogens is 351 g/mol. The molecule has 0 bridgehead atoms. The van der Waals surface area contributed by atoms with E-state index in [-0.39, 0.29) is 37.8 Å². The minimum atomic E-state index is -4.01. The van der Waals surface area contributed by atoms with Gasteiger partial charge in [-0.1, -0.05) is 0 Å². The largest absolute Gasteiger partial charge is 0.385 e. The van der Waals surface area contributed by atoms with E-state index < -0.39 is 20.7 Å². The van der Waals surface area contributed by atoms with Crippen LogP contribution in [0, 0.1) is 5.82 Å². The average Bonchev–Trinajstić information content (AvgIpc) is 2.62. The van der Waals surface area contributed by atoms with Gasteiger partial charge in [-0.05, 0) is 24.6 Å². The lowest BCUT2D eigenvalue weighted by Crippen LogP contribution is -2.41. The molecule has 1 saturated heterocycles. The van der Waals surface area contributed by atoms with Crippen molar-refractivity contribution in [3.05, 3.63) is 29.6 Å². The third kappa shape index (κ3) is 4.75.